The molecular weight excluding hydrogens is 240 g/mol. The van der Waals surface area contributed by atoms with Crippen molar-refractivity contribution in [2.75, 3.05) is 0 Å². The molecule has 0 N–H and O–H groups in total. The van der Waals surface area contributed by atoms with Gasteiger partial charge in [0, 0.05) is 23.1 Å². The molecule has 0 radical (unpaired) electrons. The molecule has 0 aromatic carbocycles. The largest absolute Gasteiger partial charge is 0.269 e. The summed E-state index contributed by atoms with van der Waals surface area (Å²) in [5.41, 5.74) is 2.69. The van der Waals surface area contributed by atoms with E-state index in [0.717, 1.165) is 11.9 Å². The summed E-state index contributed by atoms with van der Waals surface area (Å²) in [4.78, 5) is 0. The Morgan fingerprint density at radius 3 is 2.43 bits per heavy atom. The second-order valence-electron chi connectivity index (χ2n) is 4.42. The second-order valence-corrected chi connectivity index (χ2v) is 4.98. The van der Waals surface area contributed by atoms with Crippen molar-refractivity contribution in [3.63, 3.8) is 0 Å². The number of aromatic nitrogens is 2. The van der Waals surface area contributed by atoms with Crippen molar-refractivity contribution < 1.29 is 0 Å². The topological polar surface area (TPSA) is 17.8 Å². The van der Waals surface area contributed by atoms with Crippen LogP contribution in [-0.4, -0.2) is 9.78 Å². The molecule has 1 aromatic heterocycles. The van der Waals surface area contributed by atoms with Gasteiger partial charge in [-0.15, -0.1) is 0 Å². The van der Waals surface area contributed by atoms with E-state index in [2.05, 4.69) is 53.4 Å². The van der Waals surface area contributed by atoms with Crippen molar-refractivity contribution in [3.05, 3.63) is 17.5 Å². The molecule has 0 fully saturated rings. The molecule has 1 heterocycles. The second kappa shape index (κ2) is 4.96. The lowest BCUT2D eigenvalue weighted by atomic mass is 10.1. The summed E-state index contributed by atoms with van der Waals surface area (Å²) in [6.07, 6.45) is 1.98. The van der Waals surface area contributed by atoms with Gasteiger partial charge < -0.3 is 0 Å². The molecule has 0 aliphatic rings. The van der Waals surface area contributed by atoms with Gasteiger partial charge in [0.1, 0.15) is 0 Å². The normalized spacial score (nSPS) is 11.6. The Kier molecular flexibility index (Phi) is 4.17. The van der Waals surface area contributed by atoms with Crippen molar-refractivity contribution in [1.82, 2.24) is 9.78 Å². The smallest absolute Gasteiger partial charge is 0.0533 e. The predicted molar refractivity (Wildman–Crippen MR) is 63.8 cm³/mol. The van der Waals surface area contributed by atoms with E-state index >= 15 is 0 Å². The third-order valence-corrected chi connectivity index (χ3v) is 2.79. The molecule has 0 unspecified atom stereocenters. The molecule has 0 saturated heterocycles. The van der Waals surface area contributed by atoms with Crippen LogP contribution in [0.25, 0.3) is 0 Å². The molecule has 0 amide bonds. The van der Waals surface area contributed by atoms with E-state index in [-0.39, 0.29) is 0 Å². The molecule has 3 heteroatoms. The van der Waals surface area contributed by atoms with Gasteiger partial charge in [-0.25, -0.2) is 0 Å². The fraction of sp³-hybridized carbons (Fsp3) is 0.727. The van der Waals surface area contributed by atoms with Crippen molar-refractivity contribution in [2.24, 2.45) is 5.92 Å². The van der Waals surface area contributed by atoms with Gasteiger partial charge in [-0.1, -0.05) is 43.6 Å². The molecule has 0 aliphatic carbocycles. The van der Waals surface area contributed by atoms with Gasteiger partial charge in [-0.2, -0.15) is 5.10 Å². The Labute approximate surface area is 94.8 Å². The van der Waals surface area contributed by atoms with E-state index in [4.69, 9.17) is 0 Å². The number of alkyl halides is 1. The number of nitrogens with zero attached hydrogens (tertiary/aromatic N) is 2. The van der Waals surface area contributed by atoms with Crippen LogP contribution < -0.4 is 0 Å². The quantitative estimate of drug-likeness (QED) is 0.756. The third-order valence-electron chi connectivity index (χ3n) is 2.19. The van der Waals surface area contributed by atoms with Crippen LogP contribution in [-0.2, 0) is 11.9 Å². The Hall–Kier alpha value is -0.310. The summed E-state index contributed by atoms with van der Waals surface area (Å²) in [6.45, 7) is 9.90. The van der Waals surface area contributed by atoms with Crippen LogP contribution in [0.1, 0.15) is 44.9 Å². The fourth-order valence-corrected chi connectivity index (χ4v) is 2.13. The van der Waals surface area contributed by atoms with E-state index in [1.807, 2.05) is 6.20 Å². The molecule has 1 aromatic rings. The van der Waals surface area contributed by atoms with Crippen LogP contribution in [0, 0.1) is 5.92 Å². The average Bonchev–Trinajstić information content (AvgIpc) is 2.46. The Morgan fingerprint density at radius 2 is 2.00 bits per heavy atom. The summed E-state index contributed by atoms with van der Waals surface area (Å²) < 4.78 is 2.14. The first kappa shape index (κ1) is 11.8. The first-order valence-electron chi connectivity index (χ1n) is 5.16. The van der Waals surface area contributed by atoms with E-state index < -0.39 is 0 Å². The van der Waals surface area contributed by atoms with Gasteiger partial charge in [0.15, 0.2) is 0 Å². The highest BCUT2D eigenvalue weighted by atomic mass is 79.9. The van der Waals surface area contributed by atoms with Crippen LogP contribution in [0.5, 0.6) is 0 Å². The van der Waals surface area contributed by atoms with Crippen molar-refractivity contribution >= 4 is 15.9 Å². The van der Waals surface area contributed by atoms with Gasteiger partial charge in [-0.3, -0.25) is 4.68 Å². The maximum atomic E-state index is 4.44. The maximum Gasteiger partial charge on any atom is 0.0533 e. The summed E-state index contributed by atoms with van der Waals surface area (Å²) in [6, 6.07) is 0. The van der Waals surface area contributed by atoms with Crippen molar-refractivity contribution in [1.29, 1.82) is 0 Å². The first-order valence-corrected chi connectivity index (χ1v) is 6.29. The van der Waals surface area contributed by atoms with Gasteiger partial charge >= 0.3 is 0 Å². The van der Waals surface area contributed by atoms with Gasteiger partial charge in [0.25, 0.3) is 0 Å². The minimum absolute atomic E-state index is 0.545. The van der Waals surface area contributed by atoms with E-state index in [1.54, 1.807) is 0 Å². The SMILES string of the molecule is CC(C)Cn1ncc(CBr)c1C(C)C. The van der Waals surface area contributed by atoms with E-state index in [9.17, 15) is 0 Å². The molecule has 0 saturated carbocycles. The Balaban J connectivity index is 2.98. The Bertz CT molecular complexity index is 289. The monoisotopic (exact) mass is 258 g/mol. The summed E-state index contributed by atoms with van der Waals surface area (Å²) in [5, 5.41) is 5.34. The number of hydrogen-bond acceptors (Lipinski definition) is 1. The number of hydrogen-bond donors (Lipinski definition) is 0. The molecule has 14 heavy (non-hydrogen) atoms. The van der Waals surface area contributed by atoms with Gasteiger partial charge in [0.2, 0.25) is 0 Å². The molecule has 2 nitrogen and oxygen atoms in total. The van der Waals surface area contributed by atoms with E-state index in [0.29, 0.717) is 11.8 Å². The number of rotatable bonds is 4. The summed E-state index contributed by atoms with van der Waals surface area (Å²) in [5.74, 6) is 1.19. The fourth-order valence-electron chi connectivity index (χ4n) is 1.70. The first-order chi connectivity index (χ1) is 6.56. The highest BCUT2D eigenvalue weighted by Gasteiger charge is 2.13. The van der Waals surface area contributed by atoms with Crippen LogP contribution in [0.2, 0.25) is 0 Å². The highest BCUT2D eigenvalue weighted by Crippen LogP contribution is 2.22. The van der Waals surface area contributed by atoms with Crippen molar-refractivity contribution in [3.8, 4) is 0 Å². The lowest BCUT2D eigenvalue weighted by molar-refractivity contribution is 0.461. The third kappa shape index (κ3) is 2.59. The number of halogens is 1. The Morgan fingerprint density at radius 1 is 1.36 bits per heavy atom. The van der Waals surface area contributed by atoms with Crippen LogP contribution in [0.4, 0.5) is 0 Å². The molecule has 0 aliphatic heterocycles. The minimum atomic E-state index is 0.545. The lowest BCUT2D eigenvalue weighted by Gasteiger charge is -2.13. The van der Waals surface area contributed by atoms with E-state index in [1.165, 1.54) is 11.3 Å². The molecule has 0 atom stereocenters. The molecule has 80 valence electrons. The van der Waals surface area contributed by atoms with Gasteiger partial charge in [0.05, 0.1) is 6.20 Å². The van der Waals surface area contributed by atoms with Crippen LogP contribution >= 0.6 is 15.9 Å². The van der Waals surface area contributed by atoms with Crippen molar-refractivity contribution in [2.45, 2.75) is 45.5 Å². The lowest BCUT2D eigenvalue weighted by Crippen LogP contribution is -2.11. The average molecular weight is 259 g/mol. The van der Waals surface area contributed by atoms with Crippen LogP contribution in [0.15, 0.2) is 6.20 Å². The summed E-state index contributed by atoms with van der Waals surface area (Å²) >= 11 is 3.50. The molecular formula is C11H19BrN2. The zero-order chi connectivity index (χ0) is 10.7. The molecule has 1 rings (SSSR count). The van der Waals surface area contributed by atoms with Gasteiger partial charge in [-0.05, 0) is 11.8 Å². The zero-order valence-corrected chi connectivity index (χ0v) is 11.0. The molecule has 0 spiro atoms. The zero-order valence-electron chi connectivity index (χ0n) is 9.42. The minimum Gasteiger partial charge on any atom is -0.269 e. The predicted octanol–water partition coefficient (Wildman–Crippen LogP) is 3.56. The molecule has 0 bridgehead atoms. The maximum absolute atomic E-state index is 4.44. The summed E-state index contributed by atoms with van der Waals surface area (Å²) in [7, 11) is 0. The highest BCUT2D eigenvalue weighted by molar-refractivity contribution is 9.08. The van der Waals surface area contributed by atoms with Crippen LogP contribution in [0.3, 0.4) is 0 Å². The standard InChI is InChI=1S/C11H19BrN2/c1-8(2)7-14-11(9(3)4)10(5-12)6-13-14/h6,8-9H,5,7H2,1-4H3.